The van der Waals surface area contributed by atoms with Crippen molar-refractivity contribution in [3.63, 3.8) is 0 Å². The van der Waals surface area contributed by atoms with E-state index in [1.165, 1.54) is 0 Å². The van der Waals surface area contributed by atoms with Crippen LogP contribution in [0.2, 0.25) is 0 Å². The number of carbonyl (C=O) groups excluding carboxylic acids is 2. The Labute approximate surface area is 127 Å². The molecule has 0 aliphatic carbocycles. The first kappa shape index (κ1) is 19.3. The fourth-order valence-electron chi connectivity index (χ4n) is 1.36. The molecule has 0 fully saturated rings. The number of hydrogen-bond acceptors (Lipinski definition) is 4. The molecule has 0 saturated carbocycles. The zero-order valence-electron chi connectivity index (χ0n) is 11.5. The van der Waals surface area contributed by atoms with Crippen molar-refractivity contribution in [2.45, 2.75) is 65.2 Å². The Morgan fingerprint density at radius 3 is 1.53 bits per heavy atom. The molecule has 0 aromatic rings. The van der Waals surface area contributed by atoms with Gasteiger partial charge in [-0.05, 0) is 0 Å². The van der Waals surface area contributed by atoms with Gasteiger partial charge in [-0.3, -0.25) is 0 Å². The van der Waals surface area contributed by atoms with Crippen LogP contribution in [-0.2, 0) is 15.8 Å². The van der Waals surface area contributed by atoms with Crippen molar-refractivity contribution in [1.82, 2.24) is 0 Å². The standard InChI is InChI=1S/C12H22Cl2O4Te/c1-3-5-7-9-11(15)17-19(13,14)18-12(16)10-8-6-4-2/h3-10H2,1-2H3. The molecular formula is C12H22Cl2O4Te. The first-order valence-corrected chi connectivity index (χ1v) is 14.4. The second kappa shape index (κ2) is 11.0. The molecule has 0 aromatic carbocycles. The van der Waals surface area contributed by atoms with Gasteiger partial charge in [-0.1, -0.05) is 0 Å². The molecule has 0 bridgehead atoms. The van der Waals surface area contributed by atoms with Crippen LogP contribution < -0.4 is 0 Å². The molecule has 7 heteroatoms. The molecular weight excluding hydrogens is 407 g/mol. The summed E-state index contributed by atoms with van der Waals surface area (Å²) in [6.07, 6.45) is 5.87. The van der Waals surface area contributed by atoms with Gasteiger partial charge in [0, 0.05) is 0 Å². The minimum absolute atomic E-state index is 0.258. The molecule has 0 spiro atoms. The van der Waals surface area contributed by atoms with Crippen molar-refractivity contribution < 1.29 is 15.8 Å². The summed E-state index contributed by atoms with van der Waals surface area (Å²) in [7, 11) is 11.6. The van der Waals surface area contributed by atoms with Gasteiger partial charge in [0.05, 0.1) is 0 Å². The predicted molar refractivity (Wildman–Crippen MR) is 77.9 cm³/mol. The topological polar surface area (TPSA) is 52.6 Å². The summed E-state index contributed by atoms with van der Waals surface area (Å²) in [5.41, 5.74) is 0. The molecule has 0 N–H and O–H groups in total. The average Bonchev–Trinajstić information content (AvgIpc) is 2.28. The van der Waals surface area contributed by atoms with Crippen molar-refractivity contribution in [1.29, 1.82) is 0 Å². The molecule has 0 rings (SSSR count). The van der Waals surface area contributed by atoms with Crippen molar-refractivity contribution in [2.24, 2.45) is 0 Å². The zero-order chi connectivity index (χ0) is 14.7. The summed E-state index contributed by atoms with van der Waals surface area (Å²) in [5.74, 6) is -0.970. The van der Waals surface area contributed by atoms with E-state index in [1.807, 2.05) is 13.8 Å². The Balaban J connectivity index is 3.95. The normalized spacial score (nSPS) is 12.0. The van der Waals surface area contributed by atoms with Crippen molar-refractivity contribution in [3.8, 4) is 0 Å². The molecule has 0 amide bonds. The van der Waals surface area contributed by atoms with E-state index in [0.29, 0.717) is 0 Å². The third-order valence-corrected chi connectivity index (χ3v) is 6.21. The van der Waals surface area contributed by atoms with Gasteiger partial charge < -0.3 is 0 Å². The Bertz CT molecular complexity index is 259. The van der Waals surface area contributed by atoms with Gasteiger partial charge >= 0.3 is 128 Å². The van der Waals surface area contributed by atoms with Crippen molar-refractivity contribution in [3.05, 3.63) is 0 Å². The first-order chi connectivity index (χ1) is 8.91. The van der Waals surface area contributed by atoms with E-state index in [2.05, 4.69) is 0 Å². The molecule has 114 valence electrons. The monoisotopic (exact) mass is 430 g/mol. The quantitative estimate of drug-likeness (QED) is 0.387. The number of hydrogen-bond donors (Lipinski definition) is 0. The maximum absolute atomic E-state index is 11.4. The van der Waals surface area contributed by atoms with E-state index in [-0.39, 0.29) is 12.8 Å². The van der Waals surface area contributed by atoms with Gasteiger partial charge in [0.1, 0.15) is 0 Å². The molecule has 0 saturated heterocycles. The summed E-state index contributed by atoms with van der Waals surface area (Å²) < 4.78 is 9.80. The molecule has 0 unspecified atom stereocenters. The Morgan fingerprint density at radius 1 is 0.842 bits per heavy atom. The zero-order valence-corrected chi connectivity index (χ0v) is 15.3. The van der Waals surface area contributed by atoms with Crippen LogP contribution in [-0.4, -0.2) is 28.7 Å². The molecule has 4 nitrogen and oxygen atoms in total. The molecule has 0 atom stereocenters. The van der Waals surface area contributed by atoms with Gasteiger partial charge in [-0.15, -0.1) is 0 Å². The van der Waals surface area contributed by atoms with E-state index in [0.717, 1.165) is 38.5 Å². The number of halogens is 2. The third kappa shape index (κ3) is 11.8. The van der Waals surface area contributed by atoms with Crippen LogP contribution in [0.15, 0.2) is 0 Å². The summed E-state index contributed by atoms with van der Waals surface area (Å²) in [6.45, 7) is 4.07. The fraction of sp³-hybridized carbons (Fsp3) is 0.833. The van der Waals surface area contributed by atoms with Crippen molar-refractivity contribution in [2.75, 3.05) is 0 Å². The number of unbranched alkanes of at least 4 members (excludes halogenated alkanes) is 4. The van der Waals surface area contributed by atoms with Gasteiger partial charge in [-0.2, -0.15) is 0 Å². The van der Waals surface area contributed by atoms with E-state index in [4.69, 9.17) is 24.1 Å². The molecule has 0 aliphatic rings. The predicted octanol–water partition coefficient (Wildman–Crippen LogP) is 4.15. The van der Waals surface area contributed by atoms with Crippen LogP contribution in [0.1, 0.15) is 65.2 Å². The molecule has 0 aliphatic heterocycles. The van der Waals surface area contributed by atoms with Crippen LogP contribution in [0, 0.1) is 0 Å². The molecule has 0 radical (unpaired) electrons. The maximum atomic E-state index is 11.4. The van der Waals surface area contributed by atoms with E-state index < -0.39 is 28.7 Å². The summed E-state index contributed by atoms with van der Waals surface area (Å²) in [6, 6.07) is 0. The summed E-state index contributed by atoms with van der Waals surface area (Å²) in [4.78, 5) is 22.9. The van der Waals surface area contributed by atoms with Crippen LogP contribution in [0.5, 0.6) is 0 Å². The van der Waals surface area contributed by atoms with Gasteiger partial charge in [-0.25, -0.2) is 0 Å². The van der Waals surface area contributed by atoms with Crippen molar-refractivity contribution >= 4 is 46.6 Å². The van der Waals surface area contributed by atoms with E-state index >= 15 is 0 Å². The van der Waals surface area contributed by atoms with Gasteiger partial charge in [0.25, 0.3) is 0 Å². The SMILES string of the molecule is CCCCCC(=O)O[Te](Cl)(Cl)OC(=O)CCCCC. The summed E-state index contributed by atoms with van der Waals surface area (Å²) in [5, 5.41) is 0. The second-order valence-corrected chi connectivity index (χ2v) is 13.8. The third-order valence-electron chi connectivity index (χ3n) is 2.35. The van der Waals surface area contributed by atoms with Crippen LogP contribution in [0.3, 0.4) is 0 Å². The van der Waals surface area contributed by atoms with Crippen LogP contribution in [0.4, 0.5) is 0 Å². The van der Waals surface area contributed by atoms with Crippen LogP contribution in [0.25, 0.3) is 0 Å². The minimum atomic E-state index is -4.25. The molecule has 0 aromatic heterocycles. The van der Waals surface area contributed by atoms with Gasteiger partial charge in [0.15, 0.2) is 0 Å². The average molecular weight is 429 g/mol. The fourth-order valence-corrected chi connectivity index (χ4v) is 5.05. The van der Waals surface area contributed by atoms with E-state index in [9.17, 15) is 9.59 Å². The second-order valence-electron chi connectivity index (χ2n) is 4.20. The van der Waals surface area contributed by atoms with Gasteiger partial charge in [0.2, 0.25) is 0 Å². The Hall–Kier alpha value is 0.310. The van der Waals surface area contributed by atoms with E-state index in [1.54, 1.807) is 0 Å². The van der Waals surface area contributed by atoms with Crippen LogP contribution >= 0.6 is 17.9 Å². The molecule has 19 heavy (non-hydrogen) atoms. The first-order valence-electron chi connectivity index (χ1n) is 6.58. The number of rotatable bonds is 10. The Kier molecular flexibility index (Phi) is 11.2. The molecule has 0 heterocycles. The number of carbonyl (C=O) groups is 2. The Morgan fingerprint density at radius 2 is 1.21 bits per heavy atom. The summed E-state index contributed by atoms with van der Waals surface area (Å²) >= 11 is -4.25.